The van der Waals surface area contributed by atoms with Crippen LogP contribution in [0.25, 0.3) is 0 Å². The van der Waals surface area contributed by atoms with Crippen LogP contribution in [-0.2, 0) is 0 Å². The first kappa shape index (κ1) is 6.24. The molecule has 4 nitrogen and oxygen atoms in total. The first-order chi connectivity index (χ1) is 4.74. The molecule has 2 bridgehead atoms. The number of nitrogens with zero attached hydrogens (tertiary/aromatic N) is 1. The molecule has 2 fully saturated rings. The highest BCUT2D eigenvalue weighted by Crippen LogP contribution is 2.35. The summed E-state index contributed by atoms with van der Waals surface area (Å²) >= 11 is 0. The second-order valence-corrected chi connectivity index (χ2v) is 3.28. The summed E-state index contributed by atoms with van der Waals surface area (Å²) in [7, 11) is 0. The quantitative estimate of drug-likeness (QED) is 0.502. The third kappa shape index (κ3) is 0.630. The molecule has 0 spiro atoms. The van der Waals surface area contributed by atoms with Crippen LogP contribution in [0.15, 0.2) is 5.18 Å². The third-order valence-electron chi connectivity index (χ3n) is 2.59. The van der Waals surface area contributed by atoms with E-state index in [9.17, 15) is 4.91 Å². The maximum absolute atomic E-state index is 10.3. The number of rotatable bonds is 1. The number of hydrogen-bond acceptors (Lipinski definition) is 4. The van der Waals surface area contributed by atoms with Crippen molar-refractivity contribution in [1.29, 1.82) is 0 Å². The van der Waals surface area contributed by atoms with Gasteiger partial charge in [-0.2, -0.15) is 0 Å². The summed E-state index contributed by atoms with van der Waals surface area (Å²) in [5.41, 5.74) is 4.91. The molecule has 3 unspecified atom stereocenters. The molecule has 2 saturated heterocycles. The van der Waals surface area contributed by atoms with Gasteiger partial charge in [0.05, 0.1) is 0 Å². The second kappa shape index (κ2) is 1.77. The molecule has 2 aliphatic heterocycles. The average Bonchev–Trinajstić information content (AvgIpc) is 2.46. The van der Waals surface area contributed by atoms with Crippen LogP contribution in [0, 0.1) is 4.91 Å². The molecule has 10 heavy (non-hydrogen) atoms. The lowest BCUT2D eigenvalue weighted by atomic mass is 9.91. The van der Waals surface area contributed by atoms with Gasteiger partial charge in [0.25, 0.3) is 0 Å². The SMILES string of the molecule is NC1(N=O)CC2CCC1N2. The lowest BCUT2D eigenvalue weighted by Crippen LogP contribution is -2.48. The van der Waals surface area contributed by atoms with Crippen molar-refractivity contribution in [1.82, 2.24) is 5.32 Å². The molecule has 0 aromatic rings. The van der Waals surface area contributed by atoms with Gasteiger partial charge in [0.1, 0.15) is 0 Å². The fraction of sp³-hybridized carbons (Fsp3) is 1.00. The second-order valence-electron chi connectivity index (χ2n) is 3.28. The van der Waals surface area contributed by atoms with Gasteiger partial charge < -0.3 is 11.1 Å². The molecule has 3 N–H and O–H groups in total. The van der Waals surface area contributed by atoms with Crippen LogP contribution in [0.3, 0.4) is 0 Å². The zero-order valence-electron chi connectivity index (χ0n) is 5.71. The van der Waals surface area contributed by atoms with Crippen LogP contribution in [0.1, 0.15) is 19.3 Å². The summed E-state index contributed by atoms with van der Waals surface area (Å²) in [5.74, 6) is 0. The van der Waals surface area contributed by atoms with Gasteiger partial charge in [0.2, 0.25) is 0 Å². The van der Waals surface area contributed by atoms with Gasteiger partial charge in [-0.1, -0.05) is 0 Å². The monoisotopic (exact) mass is 141 g/mol. The minimum Gasteiger partial charge on any atom is -0.307 e. The van der Waals surface area contributed by atoms with E-state index in [1.54, 1.807) is 0 Å². The Kier molecular flexibility index (Phi) is 1.10. The average molecular weight is 141 g/mol. The number of nitrogens with one attached hydrogen (secondary N) is 1. The van der Waals surface area contributed by atoms with Gasteiger partial charge >= 0.3 is 0 Å². The van der Waals surface area contributed by atoms with E-state index in [0.717, 1.165) is 19.3 Å². The zero-order valence-corrected chi connectivity index (χ0v) is 5.71. The van der Waals surface area contributed by atoms with Gasteiger partial charge in [-0.25, -0.2) is 0 Å². The van der Waals surface area contributed by atoms with Crippen LogP contribution >= 0.6 is 0 Å². The molecule has 0 amide bonds. The lowest BCUT2D eigenvalue weighted by molar-refractivity contribution is 0.345. The molecule has 0 aromatic heterocycles. The highest BCUT2D eigenvalue weighted by molar-refractivity contribution is 5.08. The van der Waals surface area contributed by atoms with Crippen molar-refractivity contribution >= 4 is 0 Å². The van der Waals surface area contributed by atoms with Crippen LogP contribution < -0.4 is 11.1 Å². The molecule has 2 rings (SSSR count). The van der Waals surface area contributed by atoms with Gasteiger partial charge in [-0.05, 0) is 18.0 Å². The highest BCUT2D eigenvalue weighted by Gasteiger charge is 2.49. The van der Waals surface area contributed by atoms with E-state index in [2.05, 4.69) is 10.5 Å². The van der Waals surface area contributed by atoms with Crippen LogP contribution in [0.2, 0.25) is 0 Å². The number of fused-ring (bicyclic) bond motifs is 2. The molecule has 2 heterocycles. The predicted octanol–water partition coefficient (Wildman–Crippen LogP) is -0.0679. The minimum atomic E-state index is -0.789. The van der Waals surface area contributed by atoms with Gasteiger partial charge in [0.15, 0.2) is 5.66 Å². The van der Waals surface area contributed by atoms with E-state index >= 15 is 0 Å². The Bertz CT molecular complexity index is 172. The smallest absolute Gasteiger partial charge is 0.167 e. The van der Waals surface area contributed by atoms with Crippen molar-refractivity contribution in [2.24, 2.45) is 10.9 Å². The largest absolute Gasteiger partial charge is 0.307 e. The summed E-state index contributed by atoms with van der Waals surface area (Å²) in [4.78, 5) is 10.3. The first-order valence-electron chi connectivity index (χ1n) is 3.64. The summed E-state index contributed by atoms with van der Waals surface area (Å²) in [6.07, 6.45) is 2.88. The Labute approximate surface area is 59.1 Å². The van der Waals surface area contributed by atoms with Gasteiger partial charge in [0, 0.05) is 18.5 Å². The minimum absolute atomic E-state index is 0.148. The van der Waals surface area contributed by atoms with E-state index in [-0.39, 0.29) is 6.04 Å². The standard InChI is InChI=1S/C6H11N3O/c7-6(9-10)3-4-1-2-5(6)8-4/h4-5,8H,1-3,7H2. The number of nitroso groups, excluding NO2 is 1. The Balaban J connectivity index is 2.21. The van der Waals surface area contributed by atoms with E-state index < -0.39 is 5.66 Å². The molecular weight excluding hydrogens is 130 g/mol. The van der Waals surface area contributed by atoms with Gasteiger partial charge in [-0.3, -0.25) is 0 Å². The molecule has 56 valence electrons. The van der Waals surface area contributed by atoms with E-state index in [1.165, 1.54) is 0 Å². The van der Waals surface area contributed by atoms with Crippen molar-refractivity contribution in [2.45, 2.75) is 37.0 Å². The Morgan fingerprint density at radius 2 is 2.40 bits per heavy atom. The molecule has 0 aromatic carbocycles. The fourth-order valence-corrected chi connectivity index (χ4v) is 2.01. The van der Waals surface area contributed by atoms with Crippen molar-refractivity contribution in [3.8, 4) is 0 Å². The van der Waals surface area contributed by atoms with Gasteiger partial charge in [-0.15, -0.1) is 4.91 Å². The fourth-order valence-electron chi connectivity index (χ4n) is 2.01. The summed E-state index contributed by atoms with van der Waals surface area (Å²) in [6, 6.07) is 0.600. The summed E-state index contributed by atoms with van der Waals surface area (Å²) < 4.78 is 0. The summed E-state index contributed by atoms with van der Waals surface area (Å²) in [5, 5.41) is 6.22. The normalized spacial score (nSPS) is 51.7. The van der Waals surface area contributed by atoms with Crippen LogP contribution in [0.5, 0.6) is 0 Å². The number of hydrogen-bond donors (Lipinski definition) is 2. The topological polar surface area (TPSA) is 67.5 Å². The Morgan fingerprint density at radius 3 is 2.70 bits per heavy atom. The molecule has 0 aliphatic carbocycles. The molecular formula is C6H11N3O. The number of nitrogens with two attached hydrogens (primary N) is 1. The van der Waals surface area contributed by atoms with Crippen LogP contribution in [0.4, 0.5) is 0 Å². The maximum atomic E-state index is 10.3. The van der Waals surface area contributed by atoms with Crippen molar-refractivity contribution in [2.75, 3.05) is 0 Å². The maximum Gasteiger partial charge on any atom is 0.167 e. The molecule has 2 aliphatic rings. The highest BCUT2D eigenvalue weighted by atomic mass is 16.3. The van der Waals surface area contributed by atoms with E-state index in [4.69, 9.17) is 5.73 Å². The first-order valence-corrected chi connectivity index (χ1v) is 3.64. The van der Waals surface area contributed by atoms with Crippen LogP contribution in [-0.4, -0.2) is 17.7 Å². The lowest BCUT2D eigenvalue weighted by Gasteiger charge is -2.23. The Morgan fingerprint density at radius 1 is 1.60 bits per heavy atom. The Hall–Kier alpha value is -0.480. The molecule has 0 radical (unpaired) electrons. The van der Waals surface area contributed by atoms with E-state index in [1.807, 2.05) is 0 Å². The van der Waals surface area contributed by atoms with Crippen molar-refractivity contribution < 1.29 is 0 Å². The molecule has 4 heteroatoms. The van der Waals surface area contributed by atoms with Crippen molar-refractivity contribution in [3.63, 3.8) is 0 Å². The molecule has 0 saturated carbocycles. The zero-order chi connectivity index (χ0) is 7.19. The van der Waals surface area contributed by atoms with Crippen molar-refractivity contribution in [3.05, 3.63) is 4.91 Å². The predicted molar refractivity (Wildman–Crippen MR) is 37.3 cm³/mol. The molecule has 3 atom stereocenters. The summed E-state index contributed by atoms with van der Waals surface area (Å²) in [6.45, 7) is 0. The van der Waals surface area contributed by atoms with E-state index in [0.29, 0.717) is 6.04 Å². The third-order valence-corrected chi connectivity index (χ3v) is 2.59.